The van der Waals surface area contributed by atoms with E-state index in [1.54, 1.807) is 0 Å². The predicted molar refractivity (Wildman–Crippen MR) is 83.5 cm³/mol. The second-order valence-corrected chi connectivity index (χ2v) is 5.71. The molecule has 1 aliphatic carbocycles. The number of nitrogens with zero attached hydrogens (tertiary/aromatic N) is 4. The number of aromatic nitrogens is 3. The van der Waals surface area contributed by atoms with Crippen molar-refractivity contribution in [1.29, 1.82) is 5.53 Å². The number of allylic oxidation sites excluding steroid dienone is 2. The van der Waals surface area contributed by atoms with Gasteiger partial charge in [-0.15, -0.1) is 23.4 Å². The first-order valence-electron chi connectivity index (χ1n) is 7.74. The molecular weight excluding hydrogens is 351 g/mol. The Morgan fingerprint density at radius 1 is 1.31 bits per heavy atom. The molecule has 1 unspecified atom stereocenters. The second kappa shape index (κ2) is 7.06. The van der Waals surface area contributed by atoms with E-state index in [-0.39, 0.29) is 11.7 Å². The summed E-state index contributed by atoms with van der Waals surface area (Å²) in [5, 5.41) is 7.28. The van der Waals surface area contributed by atoms with E-state index < -0.39 is 12.3 Å². The van der Waals surface area contributed by atoms with Crippen molar-refractivity contribution in [3.8, 4) is 11.4 Å². The van der Waals surface area contributed by atoms with Crippen molar-refractivity contribution in [2.75, 3.05) is 0 Å². The fraction of sp³-hybridized carbons (Fsp3) is 0.312. The third-order valence-electron chi connectivity index (χ3n) is 3.98. The van der Waals surface area contributed by atoms with E-state index in [1.807, 2.05) is 6.08 Å². The average molecular weight is 365 g/mol. The van der Waals surface area contributed by atoms with Gasteiger partial charge in [-0.3, -0.25) is 4.79 Å². The maximum absolute atomic E-state index is 12.2. The third-order valence-corrected chi connectivity index (χ3v) is 3.98. The normalized spacial score (nSPS) is 17.5. The molecule has 1 atom stereocenters. The zero-order valence-electron chi connectivity index (χ0n) is 13.4. The van der Waals surface area contributed by atoms with Gasteiger partial charge in [0.2, 0.25) is 0 Å². The predicted octanol–water partition coefficient (Wildman–Crippen LogP) is 3.91. The van der Waals surface area contributed by atoms with Crippen LogP contribution in [0.2, 0.25) is 0 Å². The molecule has 1 aromatic carbocycles. The van der Waals surface area contributed by atoms with E-state index in [1.165, 1.54) is 35.3 Å². The summed E-state index contributed by atoms with van der Waals surface area (Å²) in [7, 11) is 0. The topological polar surface area (TPSA) is 93.2 Å². The van der Waals surface area contributed by atoms with Crippen LogP contribution in [0.25, 0.3) is 11.3 Å². The summed E-state index contributed by atoms with van der Waals surface area (Å²) < 4.78 is 41.8. The minimum Gasteiger partial charge on any atom is -0.406 e. The Labute approximate surface area is 146 Å². The highest BCUT2D eigenvalue weighted by Crippen LogP contribution is 2.29. The number of benzene rings is 1. The smallest absolute Gasteiger partial charge is 0.406 e. The van der Waals surface area contributed by atoms with Crippen LogP contribution in [0.1, 0.15) is 25.1 Å². The van der Waals surface area contributed by atoms with Gasteiger partial charge in [0.1, 0.15) is 12.1 Å². The van der Waals surface area contributed by atoms with Gasteiger partial charge in [0.05, 0.1) is 5.69 Å². The molecule has 0 bridgehead atoms. The number of carbonyl (C=O) groups excluding carboxylic acids is 1. The SMILES string of the molecule is N=NC(=O)C1CC=C(c2ncn(-c3ccc(OC(F)(F)F)cc3)n2)CC1. The van der Waals surface area contributed by atoms with Gasteiger partial charge in [-0.25, -0.2) is 15.2 Å². The van der Waals surface area contributed by atoms with E-state index >= 15 is 0 Å². The number of hydrogen-bond acceptors (Lipinski definition) is 5. The molecule has 1 aromatic heterocycles. The molecule has 0 saturated heterocycles. The minimum atomic E-state index is -4.73. The summed E-state index contributed by atoms with van der Waals surface area (Å²) in [5.74, 6) is -0.527. The summed E-state index contributed by atoms with van der Waals surface area (Å²) in [6.45, 7) is 0. The monoisotopic (exact) mass is 365 g/mol. The highest BCUT2D eigenvalue weighted by molar-refractivity contribution is 5.80. The maximum atomic E-state index is 12.2. The molecule has 3 rings (SSSR count). The summed E-state index contributed by atoms with van der Waals surface area (Å²) in [4.78, 5) is 15.6. The van der Waals surface area contributed by atoms with Crippen LogP contribution in [-0.2, 0) is 4.79 Å². The molecule has 1 heterocycles. The Morgan fingerprint density at radius 2 is 2.04 bits per heavy atom. The van der Waals surface area contributed by atoms with Crippen molar-refractivity contribution in [3.05, 3.63) is 42.5 Å². The zero-order chi connectivity index (χ0) is 18.7. The molecule has 1 amide bonds. The first-order valence-corrected chi connectivity index (χ1v) is 7.74. The molecule has 2 aromatic rings. The zero-order valence-corrected chi connectivity index (χ0v) is 13.4. The van der Waals surface area contributed by atoms with Crippen LogP contribution in [0.5, 0.6) is 5.75 Å². The van der Waals surface area contributed by atoms with Gasteiger partial charge in [0.15, 0.2) is 5.82 Å². The van der Waals surface area contributed by atoms with Gasteiger partial charge in [-0.1, -0.05) is 6.08 Å². The summed E-state index contributed by atoms with van der Waals surface area (Å²) in [6, 6.07) is 5.29. The van der Waals surface area contributed by atoms with Crippen molar-refractivity contribution < 1.29 is 22.7 Å². The Morgan fingerprint density at radius 3 is 2.62 bits per heavy atom. The van der Waals surface area contributed by atoms with Gasteiger partial charge in [0.25, 0.3) is 5.91 Å². The fourth-order valence-corrected chi connectivity index (χ4v) is 2.69. The lowest BCUT2D eigenvalue weighted by molar-refractivity contribution is -0.274. The van der Waals surface area contributed by atoms with E-state index in [4.69, 9.17) is 5.53 Å². The molecule has 0 fully saturated rings. The van der Waals surface area contributed by atoms with Crippen molar-refractivity contribution in [3.63, 3.8) is 0 Å². The van der Waals surface area contributed by atoms with Gasteiger partial charge >= 0.3 is 6.36 Å². The van der Waals surface area contributed by atoms with Crippen LogP contribution in [0.15, 0.2) is 41.8 Å². The van der Waals surface area contributed by atoms with Gasteiger partial charge in [0, 0.05) is 5.92 Å². The first-order chi connectivity index (χ1) is 12.4. The number of alkyl halides is 3. The van der Waals surface area contributed by atoms with Crippen molar-refractivity contribution in [1.82, 2.24) is 14.8 Å². The van der Waals surface area contributed by atoms with E-state index in [2.05, 4.69) is 19.9 Å². The van der Waals surface area contributed by atoms with E-state index in [0.717, 1.165) is 5.57 Å². The number of hydrogen-bond donors (Lipinski definition) is 1. The molecule has 0 spiro atoms. The Balaban J connectivity index is 1.71. The quantitative estimate of drug-likeness (QED) is 0.832. The van der Waals surface area contributed by atoms with Crippen molar-refractivity contribution >= 4 is 11.5 Å². The molecule has 136 valence electrons. The van der Waals surface area contributed by atoms with Crippen LogP contribution in [-0.4, -0.2) is 27.0 Å². The van der Waals surface area contributed by atoms with E-state index in [0.29, 0.717) is 30.8 Å². The number of nitrogens with one attached hydrogen (secondary N) is 1. The second-order valence-electron chi connectivity index (χ2n) is 5.71. The van der Waals surface area contributed by atoms with Crippen molar-refractivity contribution in [2.24, 2.45) is 11.0 Å². The summed E-state index contributed by atoms with van der Waals surface area (Å²) >= 11 is 0. The average Bonchev–Trinajstić information content (AvgIpc) is 3.10. The van der Waals surface area contributed by atoms with Gasteiger partial charge < -0.3 is 4.74 Å². The van der Waals surface area contributed by atoms with Crippen LogP contribution >= 0.6 is 0 Å². The molecule has 10 heteroatoms. The Hall–Kier alpha value is -3.04. The van der Waals surface area contributed by atoms with Gasteiger partial charge in [-0.2, -0.15) is 0 Å². The molecule has 0 radical (unpaired) electrons. The molecule has 26 heavy (non-hydrogen) atoms. The highest BCUT2D eigenvalue weighted by Gasteiger charge is 2.31. The molecule has 0 aliphatic heterocycles. The number of rotatable bonds is 4. The summed E-state index contributed by atoms with van der Waals surface area (Å²) in [6.07, 6.45) is 0.235. The number of carbonyl (C=O) groups is 1. The van der Waals surface area contributed by atoms with Crippen molar-refractivity contribution in [2.45, 2.75) is 25.6 Å². The van der Waals surface area contributed by atoms with Gasteiger partial charge in [-0.05, 0) is 49.1 Å². The van der Waals surface area contributed by atoms with Crippen LogP contribution < -0.4 is 4.74 Å². The first kappa shape index (κ1) is 17.8. The van der Waals surface area contributed by atoms with Crippen LogP contribution in [0, 0.1) is 11.4 Å². The molecular formula is C16H14F3N5O2. The number of ether oxygens (including phenoxy) is 1. The number of amides is 1. The van der Waals surface area contributed by atoms with E-state index in [9.17, 15) is 18.0 Å². The Kier molecular flexibility index (Phi) is 4.83. The molecule has 1 aliphatic rings. The lowest BCUT2D eigenvalue weighted by Crippen LogP contribution is -2.17. The minimum absolute atomic E-state index is 0.278. The highest BCUT2D eigenvalue weighted by atomic mass is 19.4. The summed E-state index contributed by atoms with van der Waals surface area (Å²) in [5.41, 5.74) is 8.20. The lowest BCUT2D eigenvalue weighted by Gasteiger charge is -2.16. The Bertz CT molecular complexity index is 842. The number of halogens is 3. The molecule has 7 nitrogen and oxygen atoms in total. The lowest BCUT2D eigenvalue weighted by atomic mass is 9.89. The fourth-order valence-electron chi connectivity index (χ4n) is 2.69. The largest absolute Gasteiger partial charge is 0.573 e. The maximum Gasteiger partial charge on any atom is 0.573 e. The standard InChI is InChI=1S/C16H14F3N5O2/c17-16(18,19)26-13-7-5-12(6-8-13)24-9-21-14(23-24)10-1-3-11(4-2-10)15(25)22-20/h1,5-9,11,20H,2-4H2. The van der Waals surface area contributed by atoms with Crippen LogP contribution in [0.3, 0.4) is 0 Å². The third kappa shape index (κ3) is 4.13. The molecule has 1 N–H and O–H groups in total. The van der Waals surface area contributed by atoms with Crippen LogP contribution in [0.4, 0.5) is 13.2 Å². The molecule has 0 saturated carbocycles.